The van der Waals surface area contributed by atoms with E-state index in [0.29, 0.717) is 46.4 Å². The van der Waals surface area contributed by atoms with Crippen LogP contribution in [0.25, 0.3) is 33.8 Å². The van der Waals surface area contributed by atoms with Crippen LogP contribution in [0.5, 0.6) is 11.5 Å². The van der Waals surface area contributed by atoms with Crippen LogP contribution in [-0.2, 0) is 0 Å². The largest absolute Gasteiger partial charge is 0.493 e. The summed E-state index contributed by atoms with van der Waals surface area (Å²) in [4.78, 5) is 18.9. The number of fused-ring (bicyclic) bond motifs is 1. The average Bonchev–Trinajstić information content (AvgIpc) is 3.49. The SMILES string of the molecule is COc1cc(-c2cnc(N)c(-c3nc4ccc(F)cc4[nH]3)n2)ccc1OCCN1CCCC1. The zero-order chi connectivity index (χ0) is 22.8. The van der Waals surface area contributed by atoms with Gasteiger partial charge in [0, 0.05) is 12.1 Å². The summed E-state index contributed by atoms with van der Waals surface area (Å²) in [6.45, 7) is 3.78. The minimum Gasteiger partial charge on any atom is -0.493 e. The lowest BCUT2D eigenvalue weighted by molar-refractivity contribution is 0.230. The Morgan fingerprint density at radius 2 is 1.94 bits per heavy atom. The molecule has 0 aliphatic carbocycles. The van der Waals surface area contributed by atoms with Gasteiger partial charge in [-0.05, 0) is 62.3 Å². The van der Waals surface area contributed by atoms with E-state index in [4.69, 9.17) is 15.2 Å². The molecule has 0 atom stereocenters. The van der Waals surface area contributed by atoms with Gasteiger partial charge in [-0.1, -0.05) is 0 Å². The third-order valence-corrected chi connectivity index (χ3v) is 5.79. The smallest absolute Gasteiger partial charge is 0.161 e. The molecule has 2 aromatic heterocycles. The van der Waals surface area contributed by atoms with E-state index in [1.807, 2.05) is 18.2 Å². The molecule has 1 fully saturated rings. The zero-order valence-electron chi connectivity index (χ0n) is 18.3. The molecule has 170 valence electrons. The van der Waals surface area contributed by atoms with Crippen LogP contribution in [0.4, 0.5) is 10.2 Å². The second kappa shape index (κ2) is 9.03. The van der Waals surface area contributed by atoms with Crippen LogP contribution in [0.3, 0.4) is 0 Å². The second-order valence-electron chi connectivity index (χ2n) is 8.00. The van der Waals surface area contributed by atoms with Crippen LogP contribution in [0.15, 0.2) is 42.6 Å². The molecule has 0 spiro atoms. The van der Waals surface area contributed by atoms with Crippen LogP contribution in [0, 0.1) is 5.82 Å². The third kappa shape index (κ3) is 4.45. The Labute approximate surface area is 190 Å². The fourth-order valence-corrected chi connectivity index (χ4v) is 4.04. The number of H-pyrrole nitrogens is 1. The maximum atomic E-state index is 13.5. The molecule has 3 heterocycles. The molecule has 4 aromatic rings. The van der Waals surface area contributed by atoms with Crippen LogP contribution < -0.4 is 15.2 Å². The average molecular weight is 449 g/mol. The Kier molecular flexibility index (Phi) is 5.78. The first-order chi connectivity index (χ1) is 16.1. The summed E-state index contributed by atoms with van der Waals surface area (Å²) in [5.74, 6) is 1.61. The highest BCUT2D eigenvalue weighted by Crippen LogP contribution is 2.33. The molecule has 0 saturated carbocycles. The Balaban J connectivity index is 1.40. The van der Waals surface area contributed by atoms with E-state index in [9.17, 15) is 4.39 Å². The number of aromatic amines is 1. The maximum Gasteiger partial charge on any atom is 0.161 e. The summed E-state index contributed by atoms with van der Waals surface area (Å²) < 4.78 is 25.1. The van der Waals surface area contributed by atoms with Crippen molar-refractivity contribution in [3.05, 3.63) is 48.4 Å². The molecule has 5 rings (SSSR count). The van der Waals surface area contributed by atoms with Crippen molar-refractivity contribution in [2.45, 2.75) is 12.8 Å². The number of ether oxygens (including phenoxy) is 2. The molecular weight excluding hydrogens is 423 g/mol. The van der Waals surface area contributed by atoms with E-state index in [-0.39, 0.29) is 11.6 Å². The van der Waals surface area contributed by atoms with Crippen molar-refractivity contribution in [3.63, 3.8) is 0 Å². The summed E-state index contributed by atoms with van der Waals surface area (Å²) in [7, 11) is 1.61. The molecule has 0 amide bonds. The summed E-state index contributed by atoms with van der Waals surface area (Å²) in [5, 5.41) is 0. The topological polar surface area (TPSA) is 102 Å². The lowest BCUT2D eigenvalue weighted by Crippen LogP contribution is -2.25. The highest BCUT2D eigenvalue weighted by Gasteiger charge is 2.16. The standard InChI is InChI=1S/C24H25FN6O2/c1-32-21-12-15(4-7-20(21)33-11-10-31-8-2-3-9-31)19-14-27-23(26)22(28-19)24-29-17-6-5-16(25)13-18(17)30-24/h4-7,12-14H,2-3,8-11H2,1H3,(H2,26,27)(H,29,30). The van der Waals surface area contributed by atoms with Crippen molar-refractivity contribution in [1.29, 1.82) is 0 Å². The number of methoxy groups -OCH3 is 1. The highest BCUT2D eigenvalue weighted by molar-refractivity contribution is 5.81. The van der Waals surface area contributed by atoms with E-state index >= 15 is 0 Å². The van der Waals surface area contributed by atoms with Gasteiger partial charge < -0.3 is 20.2 Å². The first kappa shape index (κ1) is 21.1. The van der Waals surface area contributed by atoms with Crippen LogP contribution in [0.2, 0.25) is 0 Å². The van der Waals surface area contributed by atoms with Crippen molar-refractivity contribution in [2.75, 3.05) is 39.1 Å². The predicted octanol–water partition coefficient (Wildman–Crippen LogP) is 3.89. The fraction of sp³-hybridized carbons (Fsp3) is 0.292. The predicted molar refractivity (Wildman–Crippen MR) is 125 cm³/mol. The van der Waals surface area contributed by atoms with Gasteiger partial charge in [0.15, 0.2) is 23.1 Å². The molecule has 0 radical (unpaired) electrons. The quantitative estimate of drug-likeness (QED) is 0.442. The maximum absolute atomic E-state index is 13.5. The number of anilines is 1. The number of nitrogen functional groups attached to an aromatic ring is 1. The molecule has 1 aliphatic heterocycles. The number of benzene rings is 2. The number of hydrogen-bond acceptors (Lipinski definition) is 7. The van der Waals surface area contributed by atoms with Gasteiger partial charge in [0.1, 0.15) is 18.1 Å². The minimum absolute atomic E-state index is 0.229. The van der Waals surface area contributed by atoms with E-state index in [2.05, 4.69) is 24.8 Å². The van der Waals surface area contributed by atoms with E-state index in [1.165, 1.54) is 25.0 Å². The first-order valence-electron chi connectivity index (χ1n) is 10.9. The number of nitrogens with one attached hydrogen (secondary N) is 1. The molecule has 1 aliphatic rings. The van der Waals surface area contributed by atoms with Crippen LogP contribution in [0.1, 0.15) is 12.8 Å². The number of halogens is 1. The van der Waals surface area contributed by atoms with Crippen molar-refractivity contribution in [3.8, 4) is 34.3 Å². The molecule has 0 bridgehead atoms. The van der Waals surface area contributed by atoms with Gasteiger partial charge >= 0.3 is 0 Å². The summed E-state index contributed by atoms with van der Waals surface area (Å²) in [6, 6.07) is 9.99. The molecule has 8 nitrogen and oxygen atoms in total. The second-order valence-corrected chi connectivity index (χ2v) is 8.00. The van der Waals surface area contributed by atoms with Crippen molar-refractivity contribution in [1.82, 2.24) is 24.8 Å². The number of imidazole rings is 1. The van der Waals surface area contributed by atoms with Gasteiger partial charge in [-0.2, -0.15) is 0 Å². The first-order valence-corrected chi connectivity index (χ1v) is 10.9. The molecule has 9 heteroatoms. The Morgan fingerprint density at radius 1 is 1.09 bits per heavy atom. The van der Waals surface area contributed by atoms with Crippen LogP contribution >= 0.6 is 0 Å². The Bertz CT molecular complexity index is 1290. The Hall–Kier alpha value is -3.72. The van der Waals surface area contributed by atoms with Crippen molar-refractivity contribution in [2.24, 2.45) is 0 Å². The molecular formula is C24H25FN6O2. The third-order valence-electron chi connectivity index (χ3n) is 5.79. The zero-order valence-corrected chi connectivity index (χ0v) is 18.3. The lowest BCUT2D eigenvalue weighted by atomic mass is 10.1. The molecule has 1 saturated heterocycles. The van der Waals surface area contributed by atoms with Gasteiger partial charge in [-0.3, -0.25) is 4.90 Å². The number of aromatic nitrogens is 4. The molecule has 2 aromatic carbocycles. The molecule has 0 unspecified atom stereocenters. The normalized spacial score (nSPS) is 14.1. The van der Waals surface area contributed by atoms with Gasteiger partial charge in [0.05, 0.1) is 30.0 Å². The number of nitrogens with zero attached hydrogens (tertiary/aromatic N) is 4. The van der Waals surface area contributed by atoms with Gasteiger partial charge in [0.25, 0.3) is 0 Å². The minimum atomic E-state index is -0.347. The summed E-state index contributed by atoms with van der Waals surface area (Å²) >= 11 is 0. The lowest BCUT2D eigenvalue weighted by Gasteiger charge is -2.16. The van der Waals surface area contributed by atoms with E-state index in [1.54, 1.807) is 19.4 Å². The fourth-order valence-electron chi connectivity index (χ4n) is 4.04. The van der Waals surface area contributed by atoms with Gasteiger partial charge in [0.2, 0.25) is 0 Å². The van der Waals surface area contributed by atoms with E-state index in [0.717, 1.165) is 25.2 Å². The summed E-state index contributed by atoms with van der Waals surface area (Å²) in [6.07, 6.45) is 4.12. The number of rotatable bonds is 7. The van der Waals surface area contributed by atoms with E-state index < -0.39 is 0 Å². The number of nitrogens with two attached hydrogens (primary N) is 1. The van der Waals surface area contributed by atoms with Gasteiger partial charge in [-0.25, -0.2) is 19.3 Å². The monoisotopic (exact) mass is 448 g/mol. The number of hydrogen-bond donors (Lipinski definition) is 2. The Morgan fingerprint density at radius 3 is 2.76 bits per heavy atom. The number of likely N-dealkylation sites (tertiary alicyclic amines) is 1. The van der Waals surface area contributed by atoms with Crippen molar-refractivity contribution >= 4 is 16.9 Å². The highest BCUT2D eigenvalue weighted by atomic mass is 19.1. The molecule has 3 N–H and O–H groups in total. The van der Waals surface area contributed by atoms with Gasteiger partial charge in [-0.15, -0.1) is 0 Å². The molecule has 33 heavy (non-hydrogen) atoms. The summed E-state index contributed by atoms with van der Waals surface area (Å²) in [5.41, 5.74) is 9.07. The van der Waals surface area contributed by atoms with Crippen LogP contribution in [-0.4, -0.2) is 58.2 Å². The van der Waals surface area contributed by atoms with Crippen molar-refractivity contribution < 1.29 is 13.9 Å².